The van der Waals surface area contributed by atoms with E-state index in [0.717, 1.165) is 5.56 Å². The highest BCUT2D eigenvalue weighted by atomic mass is 79.9. The Bertz CT molecular complexity index is 579. The standard InChI is InChI=1S/C14H9BrF2O/c15-13-8-11(17)5-6-12(13)14(18)7-9-1-3-10(16)4-2-9/h1-6,8H,7H2. The topological polar surface area (TPSA) is 17.1 Å². The molecule has 0 unspecified atom stereocenters. The van der Waals surface area contributed by atoms with E-state index in [1.54, 1.807) is 12.1 Å². The molecule has 18 heavy (non-hydrogen) atoms. The number of halogens is 3. The van der Waals surface area contributed by atoms with Crippen LogP contribution in [-0.4, -0.2) is 5.78 Å². The second-order valence-electron chi connectivity index (χ2n) is 3.85. The number of hydrogen-bond acceptors (Lipinski definition) is 1. The lowest BCUT2D eigenvalue weighted by Gasteiger charge is -2.04. The van der Waals surface area contributed by atoms with E-state index in [2.05, 4.69) is 15.9 Å². The van der Waals surface area contributed by atoms with E-state index in [1.807, 2.05) is 0 Å². The summed E-state index contributed by atoms with van der Waals surface area (Å²) >= 11 is 3.15. The van der Waals surface area contributed by atoms with Crippen LogP contribution in [0.4, 0.5) is 8.78 Å². The van der Waals surface area contributed by atoms with Gasteiger partial charge in [0.25, 0.3) is 0 Å². The summed E-state index contributed by atoms with van der Waals surface area (Å²) in [5, 5.41) is 0. The first-order chi connectivity index (χ1) is 8.56. The molecule has 0 saturated heterocycles. The Kier molecular flexibility index (Phi) is 3.87. The molecule has 0 amide bonds. The van der Waals surface area contributed by atoms with Crippen LogP contribution < -0.4 is 0 Å². The SMILES string of the molecule is O=C(Cc1ccc(F)cc1)c1ccc(F)cc1Br. The van der Waals surface area contributed by atoms with Gasteiger partial charge >= 0.3 is 0 Å². The van der Waals surface area contributed by atoms with E-state index in [1.165, 1.54) is 30.3 Å². The second-order valence-corrected chi connectivity index (χ2v) is 4.70. The molecule has 0 spiro atoms. The smallest absolute Gasteiger partial charge is 0.168 e. The molecule has 2 aromatic rings. The first kappa shape index (κ1) is 12.9. The van der Waals surface area contributed by atoms with E-state index in [4.69, 9.17) is 0 Å². The fraction of sp³-hybridized carbons (Fsp3) is 0.0714. The van der Waals surface area contributed by atoms with Crippen molar-refractivity contribution in [1.82, 2.24) is 0 Å². The normalized spacial score (nSPS) is 10.4. The molecule has 2 aromatic carbocycles. The minimum atomic E-state index is -0.403. The van der Waals surface area contributed by atoms with Crippen molar-refractivity contribution in [3.8, 4) is 0 Å². The van der Waals surface area contributed by atoms with Crippen LogP contribution >= 0.6 is 15.9 Å². The molecule has 0 aliphatic heterocycles. The van der Waals surface area contributed by atoms with Crippen LogP contribution in [0.2, 0.25) is 0 Å². The highest BCUT2D eigenvalue weighted by Gasteiger charge is 2.11. The lowest BCUT2D eigenvalue weighted by Crippen LogP contribution is -2.04. The Morgan fingerprint density at radius 3 is 2.22 bits per heavy atom. The van der Waals surface area contributed by atoms with Gasteiger partial charge in [-0.15, -0.1) is 0 Å². The first-order valence-corrected chi connectivity index (χ1v) is 6.08. The lowest BCUT2D eigenvalue weighted by atomic mass is 10.0. The number of carbonyl (C=O) groups is 1. The van der Waals surface area contributed by atoms with Crippen molar-refractivity contribution in [3.63, 3.8) is 0 Å². The van der Waals surface area contributed by atoms with Crippen LogP contribution in [0.3, 0.4) is 0 Å². The molecule has 0 fully saturated rings. The summed E-state index contributed by atoms with van der Waals surface area (Å²) in [6.45, 7) is 0. The highest BCUT2D eigenvalue weighted by molar-refractivity contribution is 9.10. The van der Waals surface area contributed by atoms with E-state index >= 15 is 0 Å². The first-order valence-electron chi connectivity index (χ1n) is 5.29. The second kappa shape index (κ2) is 5.40. The third-order valence-electron chi connectivity index (χ3n) is 2.51. The number of benzene rings is 2. The molecular formula is C14H9BrF2O. The summed E-state index contributed by atoms with van der Waals surface area (Å²) in [7, 11) is 0. The van der Waals surface area contributed by atoms with Crippen LogP contribution in [0, 0.1) is 11.6 Å². The van der Waals surface area contributed by atoms with Gasteiger partial charge < -0.3 is 0 Å². The molecule has 1 nitrogen and oxygen atoms in total. The molecule has 0 heterocycles. The molecule has 0 saturated carbocycles. The third-order valence-corrected chi connectivity index (χ3v) is 3.17. The Balaban J connectivity index is 2.19. The molecule has 0 aliphatic rings. The van der Waals surface area contributed by atoms with Crippen molar-refractivity contribution in [2.24, 2.45) is 0 Å². The molecular weight excluding hydrogens is 302 g/mol. The van der Waals surface area contributed by atoms with Crippen molar-refractivity contribution in [2.45, 2.75) is 6.42 Å². The monoisotopic (exact) mass is 310 g/mol. The minimum absolute atomic E-state index is 0.145. The van der Waals surface area contributed by atoms with Gasteiger partial charge in [0.15, 0.2) is 5.78 Å². The van der Waals surface area contributed by atoms with Crippen LogP contribution in [0.1, 0.15) is 15.9 Å². The van der Waals surface area contributed by atoms with Crippen molar-refractivity contribution in [2.75, 3.05) is 0 Å². The molecule has 92 valence electrons. The third kappa shape index (κ3) is 3.01. The largest absolute Gasteiger partial charge is 0.294 e. The number of carbonyl (C=O) groups excluding carboxylic acids is 1. The van der Waals surface area contributed by atoms with Gasteiger partial charge in [-0.3, -0.25) is 4.79 Å². The quantitative estimate of drug-likeness (QED) is 0.778. The predicted octanol–water partition coefficient (Wildman–Crippen LogP) is 4.15. The molecule has 0 aliphatic carbocycles. The fourth-order valence-corrected chi connectivity index (χ4v) is 2.17. The number of hydrogen-bond donors (Lipinski definition) is 0. The van der Waals surface area contributed by atoms with Crippen LogP contribution in [0.25, 0.3) is 0 Å². The molecule has 0 aromatic heterocycles. The van der Waals surface area contributed by atoms with Gasteiger partial charge in [0.1, 0.15) is 11.6 Å². The Morgan fingerprint density at radius 2 is 1.61 bits per heavy atom. The van der Waals surface area contributed by atoms with Gasteiger partial charge in [-0.2, -0.15) is 0 Å². The molecule has 4 heteroatoms. The zero-order valence-corrected chi connectivity index (χ0v) is 10.9. The van der Waals surface area contributed by atoms with Crippen LogP contribution in [-0.2, 0) is 6.42 Å². The van der Waals surface area contributed by atoms with Gasteiger partial charge in [-0.05, 0) is 51.8 Å². The number of Topliss-reactive ketones (excluding diaryl/α,β-unsaturated/α-hetero) is 1. The Hall–Kier alpha value is -1.55. The van der Waals surface area contributed by atoms with Crippen molar-refractivity contribution in [1.29, 1.82) is 0 Å². The van der Waals surface area contributed by atoms with Gasteiger partial charge in [-0.1, -0.05) is 12.1 Å². The maximum absolute atomic E-state index is 12.9. The van der Waals surface area contributed by atoms with Crippen LogP contribution in [0.15, 0.2) is 46.9 Å². The molecule has 0 bridgehead atoms. The van der Waals surface area contributed by atoms with Gasteiger partial charge in [0, 0.05) is 16.5 Å². The fourth-order valence-electron chi connectivity index (χ4n) is 1.60. The lowest BCUT2D eigenvalue weighted by molar-refractivity contribution is 0.0992. The summed E-state index contributed by atoms with van der Waals surface area (Å²) in [6.07, 6.45) is 0.157. The number of rotatable bonds is 3. The van der Waals surface area contributed by atoms with Gasteiger partial charge in [0.2, 0.25) is 0 Å². The van der Waals surface area contributed by atoms with Crippen molar-refractivity contribution >= 4 is 21.7 Å². The molecule has 0 atom stereocenters. The summed E-state index contributed by atoms with van der Waals surface area (Å²) in [5.74, 6) is -0.886. The summed E-state index contributed by atoms with van der Waals surface area (Å²) in [5.41, 5.74) is 1.14. The van der Waals surface area contributed by atoms with Crippen molar-refractivity contribution < 1.29 is 13.6 Å². The maximum atomic E-state index is 12.9. The Morgan fingerprint density at radius 1 is 1.00 bits per heavy atom. The maximum Gasteiger partial charge on any atom is 0.168 e. The summed E-state index contributed by atoms with van der Waals surface area (Å²) in [6, 6.07) is 9.66. The predicted molar refractivity (Wildman–Crippen MR) is 68.5 cm³/mol. The Labute approximate surface area is 112 Å². The van der Waals surface area contributed by atoms with E-state index in [0.29, 0.717) is 10.0 Å². The average molecular weight is 311 g/mol. The van der Waals surface area contributed by atoms with Gasteiger partial charge in [0.05, 0.1) is 0 Å². The molecule has 2 rings (SSSR count). The van der Waals surface area contributed by atoms with E-state index < -0.39 is 5.82 Å². The summed E-state index contributed by atoms with van der Waals surface area (Å²) in [4.78, 5) is 12.0. The highest BCUT2D eigenvalue weighted by Crippen LogP contribution is 2.20. The van der Waals surface area contributed by atoms with E-state index in [-0.39, 0.29) is 18.0 Å². The van der Waals surface area contributed by atoms with Crippen molar-refractivity contribution in [3.05, 3.63) is 69.7 Å². The molecule has 0 N–H and O–H groups in total. The van der Waals surface area contributed by atoms with E-state index in [9.17, 15) is 13.6 Å². The minimum Gasteiger partial charge on any atom is -0.294 e. The molecule has 0 radical (unpaired) electrons. The average Bonchev–Trinajstić information content (AvgIpc) is 2.32. The van der Waals surface area contributed by atoms with Gasteiger partial charge in [-0.25, -0.2) is 8.78 Å². The zero-order valence-electron chi connectivity index (χ0n) is 9.29. The summed E-state index contributed by atoms with van der Waals surface area (Å²) < 4.78 is 26.0. The zero-order chi connectivity index (χ0) is 13.1. The number of ketones is 1. The van der Waals surface area contributed by atoms with Crippen LogP contribution in [0.5, 0.6) is 0 Å².